The van der Waals surface area contributed by atoms with E-state index in [0.29, 0.717) is 36.2 Å². The Labute approximate surface area is 167 Å². The maximum Gasteiger partial charge on any atom is 0.243 e. The number of aromatic nitrogens is 2. The van der Waals surface area contributed by atoms with Gasteiger partial charge in [-0.1, -0.05) is 12.1 Å². The Kier molecular flexibility index (Phi) is 5.01. The van der Waals surface area contributed by atoms with E-state index >= 15 is 0 Å². The molecule has 150 valence electrons. The Hall–Kier alpha value is -2.91. The summed E-state index contributed by atoms with van der Waals surface area (Å²) in [7, 11) is -3.87. The first-order valence-electron chi connectivity index (χ1n) is 9.02. The van der Waals surface area contributed by atoms with Crippen molar-refractivity contribution in [3.63, 3.8) is 0 Å². The summed E-state index contributed by atoms with van der Waals surface area (Å²) >= 11 is 0. The Bertz CT molecular complexity index is 1140. The highest BCUT2D eigenvalue weighted by Crippen LogP contribution is 2.39. The normalized spacial score (nSPS) is 17.5. The molecule has 1 aliphatic rings. The molecule has 1 atom stereocenters. The largest absolute Gasteiger partial charge is 0.368 e. The van der Waals surface area contributed by atoms with E-state index in [4.69, 9.17) is 5.73 Å². The third kappa shape index (κ3) is 3.70. The molecule has 1 fully saturated rings. The number of nitrogens with zero attached hydrogens (tertiary/aromatic N) is 3. The smallest absolute Gasteiger partial charge is 0.243 e. The van der Waals surface area contributed by atoms with Crippen LogP contribution in [0.5, 0.6) is 0 Å². The fraction of sp³-hybridized carbons (Fsp3) is 0.200. The van der Waals surface area contributed by atoms with Crippen molar-refractivity contribution in [1.29, 1.82) is 0 Å². The fourth-order valence-corrected chi connectivity index (χ4v) is 5.22. The van der Waals surface area contributed by atoms with Crippen LogP contribution in [0.1, 0.15) is 24.6 Å². The predicted molar refractivity (Wildman–Crippen MR) is 104 cm³/mol. The average Bonchev–Trinajstić information content (AvgIpc) is 3.20. The van der Waals surface area contributed by atoms with Crippen LogP contribution in [0.2, 0.25) is 0 Å². The van der Waals surface area contributed by atoms with Crippen molar-refractivity contribution in [2.75, 3.05) is 12.3 Å². The van der Waals surface area contributed by atoms with Gasteiger partial charge in [-0.25, -0.2) is 27.2 Å². The van der Waals surface area contributed by atoms with Gasteiger partial charge in [-0.3, -0.25) is 0 Å². The maximum absolute atomic E-state index is 13.3. The zero-order valence-corrected chi connectivity index (χ0v) is 16.1. The summed E-state index contributed by atoms with van der Waals surface area (Å²) in [4.78, 5) is 8.37. The minimum atomic E-state index is -3.87. The summed E-state index contributed by atoms with van der Waals surface area (Å²) in [5.41, 5.74) is 7.50. The Balaban J connectivity index is 1.79. The first kappa shape index (κ1) is 19.4. The molecule has 0 bridgehead atoms. The van der Waals surface area contributed by atoms with Crippen molar-refractivity contribution < 1.29 is 17.2 Å². The molecule has 0 saturated carbocycles. The minimum Gasteiger partial charge on any atom is -0.368 e. The Morgan fingerprint density at radius 3 is 2.28 bits per heavy atom. The van der Waals surface area contributed by atoms with E-state index in [9.17, 15) is 17.2 Å². The highest BCUT2D eigenvalue weighted by atomic mass is 32.2. The molecular weight excluding hydrogens is 398 g/mol. The number of nitrogen functional groups attached to an aromatic ring is 1. The van der Waals surface area contributed by atoms with Gasteiger partial charge in [0.05, 0.1) is 16.6 Å². The van der Waals surface area contributed by atoms with Gasteiger partial charge in [-0.2, -0.15) is 4.31 Å². The van der Waals surface area contributed by atoms with Crippen LogP contribution in [0.3, 0.4) is 0 Å². The van der Waals surface area contributed by atoms with Crippen molar-refractivity contribution in [2.45, 2.75) is 23.8 Å². The molecule has 0 unspecified atom stereocenters. The number of sulfonamides is 1. The molecule has 4 rings (SSSR count). The Morgan fingerprint density at radius 1 is 1.00 bits per heavy atom. The molecule has 9 heteroatoms. The van der Waals surface area contributed by atoms with E-state index in [1.165, 1.54) is 34.8 Å². The Morgan fingerprint density at radius 2 is 1.62 bits per heavy atom. The van der Waals surface area contributed by atoms with Gasteiger partial charge in [-0.05, 0) is 54.8 Å². The van der Waals surface area contributed by atoms with Crippen molar-refractivity contribution in [3.05, 3.63) is 72.1 Å². The first-order valence-corrected chi connectivity index (χ1v) is 10.5. The second-order valence-electron chi connectivity index (χ2n) is 6.76. The minimum absolute atomic E-state index is 0.0103. The van der Waals surface area contributed by atoms with Crippen LogP contribution in [0.4, 0.5) is 14.7 Å². The third-order valence-electron chi connectivity index (χ3n) is 4.93. The average molecular weight is 416 g/mol. The molecular formula is C20H18F2N4O2S. The predicted octanol–water partition coefficient (Wildman–Crippen LogP) is 3.53. The van der Waals surface area contributed by atoms with E-state index < -0.39 is 21.9 Å². The molecule has 0 aliphatic carbocycles. The summed E-state index contributed by atoms with van der Waals surface area (Å²) < 4.78 is 54.3. The molecule has 1 aromatic heterocycles. The van der Waals surface area contributed by atoms with E-state index in [-0.39, 0.29) is 16.7 Å². The SMILES string of the molecule is Nc1ncc(-c2ccc(F)cc2)c([C@H]2CCCN2S(=O)(=O)c2ccc(F)cc2)n1. The molecule has 0 spiro atoms. The molecule has 1 saturated heterocycles. The lowest BCUT2D eigenvalue weighted by Gasteiger charge is -2.25. The zero-order valence-electron chi connectivity index (χ0n) is 15.3. The van der Waals surface area contributed by atoms with Crippen LogP contribution in [0, 0.1) is 11.6 Å². The van der Waals surface area contributed by atoms with E-state index in [0.717, 1.165) is 12.1 Å². The lowest BCUT2D eigenvalue weighted by molar-refractivity contribution is 0.391. The second kappa shape index (κ2) is 7.49. The number of halogens is 2. The maximum atomic E-state index is 13.3. The molecule has 2 aromatic carbocycles. The van der Waals surface area contributed by atoms with Crippen molar-refractivity contribution in [3.8, 4) is 11.1 Å². The standard InChI is InChI=1S/C20H18F2N4O2S/c21-14-5-3-13(4-6-14)17-12-24-20(23)25-19(17)18-2-1-11-26(18)29(27,28)16-9-7-15(22)8-10-16/h3-10,12,18H,1-2,11H2,(H2,23,24,25)/t18-/m1/s1. The molecule has 0 radical (unpaired) electrons. The van der Waals surface area contributed by atoms with Crippen LogP contribution in [0.25, 0.3) is 11.1 Å². The van der Waals surface area contributed by atoms with Crippen LogP contribution < -0.4 is 5.73 Å². The molecule has 29 heavy (non-hydrogen) atoms. The lowest BCUT2D eigenvalue weighted by Crippen LogP contribution is -2.31. The molecule has 2 heterocycles. The van der Waals surface area contributed by atoms with Gasteiger partial charge in [0.25, 0.3) is 0 Å². The topological polar surface area (TPSA) is 89.2 Å². The van der Waals surface area contributed by atoms with Crippen molar-refractivity contribution in [1.82, 2.24) is 14.3 Å². The number of hydrogen-bond acceptors (Lipinski definition) is 5. The molecule has 0 amide bonds. The summed E-state index contributed by atoms with van der Waals surface area (Å²) in [5, 5.41) is 0. The van der Waals surface area contributed by atoms with Crippen LogP contribution in [0.15, 0.2) is 59.6 Å². The number of anilines is 1. The second-order valence-corrected chi connectivity index (χ2v) is 8.65. The van der Waals surface area contributed by atoms with Gasteiger partial charge in [0.15, 0.2) is 0 Å². The summed E-state index contributed by atoms with van der Waals surface area (Å²) in [5.74, 6) is -0.867. The summed E-state index contributed by atoms with van der Waals surface area (Å²) in [6.45, 7) is 0.303. The van der Waals surface area contributed by atoms with Crippen molar-refractivity contribution in [2.24, 2.45) is 0 Å². The zero-order chi connectivity index (χ0) is 20.6. The molecule has 3 aromatic rings. The quantitative estimate of drug-likeness (QED) is 0.703. The van der Waals surface area contributed by atoms with Crippen LogP contribution in [-0.2, 0) is 10.0 Å². The van der Waals surface area contributed by atoms with Crippen LogP contribution >= 0.6 is 0 Å². The van der Waals surface area contributed by atoms with Crippen molar-refractivity contribution >= 4 is 16.0 Å². The first-order chi connectivity index (χ1) is 13.9. The van der Waals surface area contributed by atoms with Gasteiger partial charge >= 0.3 is 0 Å². The highest BCUT2D eigenvalue weighted by Gasteiger charge is 2.38. The number of benzene rings is 2. The summed E-state index contributed by atoms with van der Waals surface area (Å²) in [6, 6.07) is 9.96. The fourth-order valence-electron chi connectivity index (χ4n) is 3.56. The van der Waals surface area contributed by atoms with E-state index in [2.05, 4.69) is 9.97 Å². The third-order valence-corrected chi connectivity index (χ3v) is 6.85. The van der Waals surface area contributed by atoms with E-state index in [1.54, 1.807) is 12.1 Å². The van der Waals surface area contributed by atoms with Gasteiger partial charge in [0.2, 0.25) is 16.0 Å². The molecule has 6 nitrogen and oxygen atoms in total. The van der Waals surface area contributed by atoms with Gasteiger partial charge in [0, 0.05) is 18.3 Å². The van der Waals surface area contributed by atoms with Gasteiger partial charge < -0.3 is 5.73 Å². The lowest BCUT2D eigenvalue weighted by atomic mass is 10.0. The van der Waals surface area contributed by atoms with Gasteiger partial charge in [-0.15, -0.1) is 0 Å². The number of rotatable bonds is 4. The van der Waals surface area contributed by atoms with E-state index in [1.807, 2.05) is 0 Å². The summed E-state index contributed by atoms with van der Waals surface area (Å²) in [6.07, 6.45) is 2.70. The van der Waals surface area contributed by atoms with Gasteiger partial charge in [0.1, 0.15) is 11.6 Å². The number of nitrogens with two attached hydrogens (primary N) is 1. The monoisotopic (exact) mass is 416 g/mol. The molecule has 2 N–H and O–H groups in total. The number of hydrogen-bond donors (Lipinski definition) is 1. The highest BCUT2D eigenvalue weighted by molar-refractivity contribution is 7.89. The van der Waals surface area contributed by atoms with Crippen LogP contribution in [-0.4, -0.2) is 29.2 Å². The molecule has 1 aliphatic heterocycles.